The Kier molecular flexibility index (Phi) is 3.97. The molecule has 2 N–H and O–H groups in total. The van der Waals surface area contributed by atoms with Crippen molar-refractivity contribution in [3.05, 3.63) is 17.5 Å². The van der Waals surface area contributed by atoms with E-state index in [9.17, 15) is 0 Å². The van der Waals surface area contributed by atoms with Crippen LogP contribution in [0.5, 0.6) is 0 Å². The summed E-state index contributed by atoms with van der Waals surface area (Å²) in [6.07, 6.45) is 0. The first-order valence-corrected chi connectivity index (χ1v) is 6.69. The highest BCUT2D eigenvalue weighted by Gasteiger charge is 2.11. The summed E-state index contributed by atoms with van der Waals surface area (Å²) in [5.41, 5.74) is 5.58. The highest BCUT2D eigenvalue weighted by Crippen LogP contribution is 2.20. The second kappa shape index (κ2) is 5.49. The first-order chi connectivity index (χ1) is 8.63. The van der Waals surface area contributed by atoms with E-state index in [1.807, 2.05) is 30.0 Å². The lowest BCUT2D eigenvalue weighted by atomic mass is 10.6. The van der Waals surface area contributed by atoms with Crippen LogP contribution in [-0.4, -0.2) is 36.1 Å². The molecule has 7 nitrogen and oxygen atoms in total. The first kappa shape index (κ1) is 13.0. The first-order valence-electron chi connectivity index (χ1n) is 5.71. The Hall–Kier alpha value is -1.41. The molecule has 0 unspecified atom stereocenters. The van der Waals surface area contributed by atoms with Crippen molar-refractivity contribution >= 4 is 11.8 Å². The van der Waals surface area contributed by atoms with Crippen molar-refractivity contribution < 1.29 is 0 Å². The van der Waals surface area contributed by atoms with Crippen molar-refractivity contribution in [1.29, 1.82) is 0 Å². The normalized spacial score (nSPS) is 11.1. The standard InChI is InChI=1S/C10H17N7S/c1-7-12-14-9(16(7)3)6-18-10-15-13-8(2)17(10)5-4-11/h4-6,11H2,1-3H3. The minimum Gasteiger partial charge on any atom is -0.329 e. The van der Waals surface area contributed by atoms with Crippen molar-refractivity contribution in [3.63, 3.8) is 0 Å². The van der Waals surface area contributed by atoms with Crippen LogP contribution in [0.1, 0.15) is 17.5 Å². The number of aryl methyl sites for hydroxylation is 2. The molecule has 0 atom stereocenters. The van der Waals surface area contributed by atoms with Gasteiger partial charge in [0.05, 0.1) is 5.75 Å². The van der Waals surface area contributed by atoms with E-state index in [2.05, 4.69) is 20.4 Å². The molecule has 98 valence electrons. The lowest BCUT2D eigenvalue weighted by molar-refractivity contribution is 0.627. The fourth-order valence-electron chi connectivity index (χ4n) is 1.56. The number of hydrogen-bond donors (Lipinski definition) is 1. The van der Waals surface area contributed by atoms with E-state index in [1.54, 1.807) is 11.8 Å². The van der Waals surface area contributed by atoms with E-state index in [0.29, 0.717) is 6.54 Å². The summed E-state index contributed by atoms with van der Waals surface area (Å²) in [6.45, 7) is 5.18. The molecule has 8 heteroatoms. The maximum atomic E-state index is 5.58. The minimum atomic E-state index is 0.579. The molecule has 2 heterocycles. The van der Waals surface area contributed by atoms with Gasteiger partial charge in [-0.05, 0) is 13.8 Å². The zero-order chi connectivity index (χ0) is 13.1. The van der Waals surface area contributed by atoms with Crippen LogP contribution in [0, 0.1) is 13.8 Å². The van der Waals surface area contributed by atoms with Gasteiger partial charge in [0.1, 0.15) is 17.5 Å². The average molecular weight is 267 g/mol. The number of thioether (sulfide) groups is 1. The SMILES string of the molecule is Cc1nnc(CSc2nnc(C)n2CCN)n1C. The van der Waals surface area contributed by atoms with Gasteiger partial charge in [0, 0.05) is 20.1 Å². The molecular weight excluding hydrogens is 250 g/mol. The molecule has 0 aliphatic carbocycles. The average Bonchev–Trinajstić information content (AvgIpc) is 2.85. The smallest absolute Gasteiger partial charge is 0.191 e. The molecule has 0 aliphatic heterocycles. The number of nitrogens with two attached hydrogens (primary N) is 1. The number of hydrogen-bond acceptors (Lipinski definition) is 6. The number of rotatable bonds is 5. The predicted octanol–water partition coefficient (Wildman–Crippen LogP) is 0.274. The Morgan fingerprint density at radius 1 is 1.11 bits per heavy atom. The van der Waals surface area contributed by atoms with Crippen LogP contribution >= 0.6 is 11.8 Å². The molecule has 0 aromatic carbocycles. The maximum Gasteiger partial charge on any atom is 0.191 e. The summed E-state index contributed by atoms with van der Waals surface area (Å²) in [5.74, 6) is 3.44. The predicted molar refractivity (Wildman–Crippen MR) is 69.1 cm³/mol. The van der Waals surface area contributed by atoms with E-state index in [1.165, 1.54) is 0 Å². The zero-order valence-corrected chi connectivity index (χ0v) is 11.6. The van der Waals surface area contributed by atoms with E-state index < -0.39 is 0 Å². The molecule has 0 radical (unpaired) electrons. The van der Waals surface area contributed by atoms with Crippen LogP contribution in [-0.2, 0) is 19.3 Å². The molecule has 0 fully saturated rings. The van der Waals surface area contributed by atoms with Crippen LogP contribution in [0.25, 0.3) is 0 Å². The Morgan fingerprint density at radius 3 is 2.44 bits per heavy atom. The zero-order valence-electron chi connectivity index (χ0n) is 10.8. The van der Waals surface area contributed by atoms with Crippen LogP contribution < -0.4 is 5.73 Å². The van der Waals surface area contributed by atoms with Crippen molar-refractivity contribution in [2.45, 2.75) is 31.3 Å². The van der Waals surface area contributed by atoms with Gasteiger partial charge < -0.3 is 14.9 Å². The van der Waals surface area contributed by atoms with E-state index in [-0.39, 0.29) is 0 Å². The fraction of sp³-hybridized carbons (Fsp3) is 0.600. The third-order valence-corrected chi connectivity index (χ3v) is 3.73. The minimum absolute atomic E-state index is 0.579. The van der Waals surface area contributed by atoms with Gasteiger partial charge in [0.2, 0.25) is 0 Å². The van der Waals surface area contributed by atoms with Gasteiger partial charge in [-0.1, -0.05) is 11.8 Å². The summed E-state index contributed by atoms with van der Waals surface area (Å²) in [5, 5.41) is 17.2. The van der Waals surface area contributed by atoms with E-state index in [0.717, 1.165) is 34.9 Å². The van der Waals surface area contributed by atoms with Crippen molar-refractivity contribution in [2.24, 2.45) is 12.8 Å². The van der Waals surface area contributed by atoms with Crippen LogP contribution in [0.15, 0.2) is 5.16 Å². The maximum absolute atomic E-state index is 5.58. The molecule has 2 aromatic rings. The second-order valence-corrected chi connectivity index (χ2v) is 4.92. The molecular formula is C10H17N7S. The Bertz CT molecular complexity index is 530. The summed E-state index contributed by atoms with van der Waals surface area (Å²) in [6, 6.07) is 0. The summed E-state index contributed by atoms with van der Waals surface area (Å²) >= 11 is 1.60. The molecule has 2 rings (SSSR count). The van der Waals surface area contributed by atoms with Gasteiger partial charge >= 0.3 is 0 Å². The van der Waals surface area contributed by atoms with Crippen molar-refractivity contribution in [2.75, 3.05) is 6.54 Å². The van der Waals surface area contributed by atoms with Gasteiger partial charge in [-0.15, -0.1) is 20.4 Å². The monoisotopic (exact) mass is 267 g/mol. The van der Waals surface area contributed by atoms with Gasteiger partial charge in [-0.25, -0.2) is 0 Å². The van der Waals surface area contributed by atoms with Gasteiger partial charge in [0.25, 0.3) is 0 Å². The topological polar surface area (TPSA) is 87.4 Å². The quantitative estimate of drug-likeness (QED) is 0.783. The van der Waals surface area contributed by atoms with Crippen LogP contribution in [0.2, 0.25) is 0 Å². The number of nitrogens with zero attached hydrogens (tertiary/aromatic N) is 6. The Balaban J connectivity index is 2.08. The van der Waals surface area contributed by atoms with Crippen molar-refractivity contribution in [1.82, 2.24) is 29.5 Å². The highest BCUT2D eigenvalue weighted by molar-refractivity contribution is 7.98. The lowest BCUT2D eigenvalue weighted by Crippen LogP contribution is -2.12. The molecule has 2 aromatic heterocycles. The number of aromatic nitrogens is 6. The van der Waals surface area contributed by atoms with Gasteiger partial charge in [0.15, 0.2) is 5.16 Å². The third kappa shape index (κ3) is 2.54. The molecule has 0 aliphatic rings. The van der Waals surface area contributed by atoms with Crippen LogP contribution in [0.4, 0.5) is 0 Å². The summed E-state index contributed by atoms with van der Waals surface area (Å²) in [7, 11) is 1.96. The van der Waals surface area contributed by atoms with E-state index >= 15 is 0 Å². The molecule has 0 bridgehead atoms. The summed E-state index contributed by atoms with van der Waals surface area (Å²) < 4.78 is 4.00. The molecule has 0 amide bonds. The lowest BCUT2D eigenvalue weighted by Gasteiger charge is -2.06. The van der Waals surface area contributed by atoms with E-state index in [4.69, 9.17) is 5.73 Å². The summed E-state index contributed by atoms with van der Waals surface area (Å²) in [4.78, 5) is 0. The Labute approximate surface area is 110 Å². The largest absolute Gasteiger partial charge is 0.329 e. The molecule has 0 spiro atoms. The van der Waals surface area contributed by atoms with Gasteiger partial charge in [-0.3, -0.25) is 0 Å². The highest BCUT2D eigenvalue weighted by atomic mass is 32.2. The molecule has 0 saturated carbocycles. The van der Waals surface area contributed by atoms with Crippen molar-refractivity contribution in [3.8, 4) is 0 Å². The van der Waals surface area contributed by atoms with Gasteiger partial charge in [-0.2, -0.15) is 0 Å². The fourth-order valence-corrected chi connectivity index (χ4v) is 2.55. The Morgan fingerprint density at radius 2 is 1.83 bits per heavy atom. The second-order valence-electron chi connectivity index (χ2n) is 3.98. The molecule has 18 heavy (non-hydrogen) atoms. The molecule has 0 saturated heterocycles. The van der Waals surface area contributed by atoms with Crippen LogP contribution in [0.3, 0.4) is 0 Å². The third-order valence-electron chi connectivity index (χ3n) is 2.77.